The Bertz CT molecular complexity index is 398. The molecule has 5 nitrogen and oxygen atoms in total. The van der Waals surface area contributed by atoms with Crippen molar-refractivity contribution >= 4 is 5.95 Å². The monoisotopic (exact) mass is 190 g/mol. The molecule has 14 heavy (non-hydrogen) atoms. The van der Waals surface area contributed by atoms with Crippen molar-refractivity contribution in [2.24, 2.45) is 0 Å². The van der Waals surface area contributed by atoms with Crippen LogP contribution in [0.15, 0.2) is 30.7 Å². The maximum absolute atomic E-state index is 5.42. The molecule has 0 atom stereocenters. The number of nitrogens with one attached hydrogen (secondary N) is 1. The number of imidazole rings is 1. The fourth-order valence-electron chi connectivity index (χ4n) is 1.04. The SMILES string of the molecule is Nc1ncc(COc2cccnc2)[nH]1. The van der Waals surface area contributed by atoms with Crippen LogP contribution in [0.3, 0.4) is 0 Å². The molecule has 0 bridgehead atoms. The quantitative estimate of drug-likeness (QED) is 0.755. The van der Waals surface area contributed by atoms with Crippen LogP contribution >= 0.6 is 0 Å². The number of hydrogen-bond acceptors (Lipinski definition) is 4. The van der Waals surface area contributed by atoms with E-state index in [9.17, 15) is 0 Å². The highest BCUT2D eigenvalue weighted by molar-refractivity contribution is 5.19. The van der Waals surface area contributed by atoms with Crippen LogP contribution in [0.5, 0.6) is 5.75 Å². The number of aromatic amines is 1. The van der Waals surface area contributed by atoms with Gasteiger partial charge in [0.25, 0.3) is 0 Å². The Morgan fingerprint density at radius 1 is 1.43 bits per heavy atom. The van der Waals surface area contributed by atoms with E-state index >= 15 is 0 Å². The standard InChI is InChI=1S/C9H10N4O/c10-9-12-4-7(13-9)6-14-8-2-1-3-11-5-8/h1-5H,6H2,(H3,10,12,13). The molecule has 0 aliphatic heterocycles. The summed E-state index contributed by atoms with van der Waals surface area (Å²) < 4.78 is 5.42. The third-order valence-electron chi connectivity index (χ3n) is 1.68. The first-order valence-corrected chi connectivity index (χ1v) is 4.17. The first kappa shape index (κ1) is 8.55. The van der Waals surface area contributed by atoms with Crippen LogP contribution in [0.4, 0.5) is 5.95 Å². The van der Waals surface area contributed by atoms with Crippen LogP contribution in [0.1, 0.15) is 5.69 Å². The zero-order valence-electron chi connectivity index (χ0n) is 7.47. The predicted molar refractivity (Wildman–Crippen MR) is 51.6 cm³/mol. The molecule has 0 saturated heterocycles. The molecular weight excluding hydrogens is 180 g/mol. The molecule has 72 valence electrons. The van der Waals surface area contributed by atoms with E-state index in [1.807, 2.05) is 12.1 Å². The van der Waals surface area contributed by atoms with E-state index in [4.69, 9.17) is 10.5 Å². The molecule has 0 fully saturated rings. The number of nitrogen functional groups attached to an aromatic ring is 1. The number of pyridine rings is 1. The van der Waals surface area contributed by atoms with Gasteiger partial charge in [0.15, 0.2) is 5.95 Å². The number of rotatable bonds is 3. The molecule has 0 saturated carbocycles. The van der Waals surface area contributed by atoms with Gasteiger partial charge >= 0.3 is 0 Å². The Morgan fingerprint density at radius 2 is 2.36 bits per heavy atom. The van der Waals surface area contributed by atoms with Crippen molar-refractivity contribution in [3.8, 4) is 5.75 Å². The molecule has 0 radical (unpaired) electrons. The van der Waals surface area contributed by atoms with E-state index in [0.717, 1.165) is 11.4 Å². The van der Waals surface area contributed by atoms with Crippen molar-refractivity contribution in [1.82, 2.24) is 15.0 Å². The average molecular weight is 190 g/mol. The molecule has 2 aromatic rings. The lowest BCUT2D eigenvalue weighted by atomic mass is 10.4. The van der Waals surface area contributed by atoms with Gasteiger partial charge in [0.05, 0.1) is 18.1 Å². The van der Waals surface area contributed by atoms with Gasteiger partial charge in [-0.1, -0.05) is 0 Å². The summed E-state index contributed by atoms with van der Waals surface area (Å²) in [6.45, 7) is 0.413. The van der Waals surface area contributed by atoms with Crippen molar-refractivity contribution in [1.29, 1.82) is 0 Å². The second-order valence-electron chi connectivity index (χ2n) is 2.77. The molecular formula is C9H10N4O. The molecule has 5 heteroatoms. The summed E-state index contributed by atoms with van der Waals surface area (Å²) in [6, 6.07) is 3.66. The van der Waals surface area contributed by atoms with Gasteiger partial charge in [-0.2, -0.15) is 0 Å². The molecule has 0 aliphatic rings. The lowest BCUT2D eigenvalue weighted by molar-refractivity contribution is 0.301. The molecule has 0 aromatic carbocycles. The van der Waals surface area contributed by atoms with Crippen LogP contribution in [0.25, 0.3) is 0 Å². The van der Waals surface area contributed by atoms with Crippen molar-refractivity contribution < 1.29 is 4.74 Å². The van der Waals surface area contributed by atoms with E-state index in [2.05, 4.69) is 15.0 Å². The third kappa shape index (κ3) is 2.01. The van der Waals surface area contributed by atoms with Gasteiger partial charge in [0, 0.05) is 6.20 Å². The van der Waals surface area contributed by atoms with Crippen molar-refractivity contribution in [3.05, 3.63) is 36.4 Å². The molecule has 0 aliphatic carbocycles. The number of ether oxygens (including phenoxy) is 1. The Labute approximate surface area is 81.0 Å². The van der Waals surface area contributed by atoms with Gasteiger partial charge in [-0.15, -0.1) is 0 Å². The lowest BCUT2D eigenvalue weighted by Gasteiger charge is -2.02. The number of anilines is 1. The smallest absolute Gasteiger partial charge is 0.197 e. The largest absolute Gasteiger partial charge is 0.486 e. The summed E-state index contributed by atoms with van der Waals surface area (Å²) in [7, 11) is 0. The van der Waals surface area contributed by atoms with Gasteiger partial charge in [-0.25, -0.2) is 4.98 Å². The van der Waals surface area contributed by atoms with Gasteiger partial charge in [0.2, 0.25) is 0 Å². The first-order valence-electron chi connectivity index (χ1n) is 4.17. The van der Waals surface area contributed by atoms with E-state index in [1.54, 1.807) is 18.6 Å². The van der Waals surface area contributed by atoms with Gasteiger partial charge < -0.3 is 15.5 Å². The molecule has 0 unspecified atom stereocenters. The summed E-state index contributed by atoms with van der Waals surface area (Å²) in [4.78, 5) is 10.6. The molecule has 0 spiro atoms. The maximum atomic E-state index is 5.42. The topological polar surface area (TPSA) is 76.8 Å². The number of nitrogens with zero attached hydrogens (tertiary/aromatic N) is 2. The summed E-state index contributed by atoms with van der Waals surface area (Å²) in [5.74, 6) is 1.12. The zero-order chi connectivity index (χ0) is 9.80. The van der Waals surface area contributed by atoms with Crippen LogP contribution in [0, 0.1) is 0 Å². The highest BCUT2D eigenvalue weighted by Gasteiger charge is 1.98. The highest BCUT2D eigenvalue weighted by Crippen LogP contribution is 2.09. The van der Waals surface area contributed by atoms with E-state index in [-0.39, 0.29) is 0 Å². The molecule has 2 heterocycles. The second-order valence-corrected chi connectivity index (χ2v) is 2.77. The van der Waals surface area contributed by atoms with Crippen molar-refractivity contribution in [2.75, 3.05) is 5.73 Å². The summed E-state index contributed by atoms with van der Waals surface area (Å²) >= 11 is 0. The number of hydrogen-bond donors (Lipinski definition) is 2. The second kappa shape index (κ2) is 3.78. The molecule has 0 amide bonds. The Kier molecular flexibility index (Phi) is 2.31. The van der Waals surface area contributed by atoms with Gasteiger partial charge in [0.1, 0.15) is 12.4 Å². The lowest BCUT2D eigenvalue weighted by Crippen LogP contribution is -1.96. The minimum Gasteiger partial charge on any atom is -0.486 e. The summed E-state index contributed by atoms with van der Waals surface area (Å²) in [6.07, 6.45) is 4.99. The van der Waals surface area contributed by atoms with Crippen LogP contribution < -0.4 is 10.5 Å². The van der Waals surface area contributed by atoms with E-state index in [0.29, 0.717) is 12.6 Å². The fraction of sp³-hybridized carbons (Fsp3) is 0.111. The normalized spacial score (nSPS) is 10.0. The average Bonchev–Trinajstić information content (AvgIpc) is 2.63. The number of H-pyrrole nitrogens is 1. The van der Waals surface area contributed by atoms with E-state index in [1.165, 1.54) is 0 Å². The van der Waals surface area contributed by atoms with Crippen molar-refractivity contribution in [3.63, 3.8) is 0 Å². The van der Waals surface area contributed by atoms with E-state index < -0.39 is 0 Å². The van der Waals surface area contributed by atoms with Crippen LogP contribution in [0.2, 0.25) is 0 Å². The summed E-state index contributed by atoms with van der Waals surface area (Å²) in [5.41, 5.74) is 6.25. The molecule has 2 rings (SSSR count). The number of nitrogens with two attached hydrogens (primary N) is 1. The molecule has 2 aromatic heterocycles. The molecule has 3 N–H and O–H groups in total. The number of aromatic nitrogens is 3. The summed E-state index contributed by atoms with van der Waals surface area (Å²) in [5, 5.41) is 0. The van der Waals surface area contributed by atoms with Crippen LogP contribution in [-0.2, 0) is 6.61 Å². The maximum Gasteiger partial charge on any atom is 0.197 e. The highest BCUT2D eigenvalue weighted by atomic mass is 16.5. The third-order valence-corrected chi connectivity index (χ3v) is 1.68. The predicted octanol–water partition coefficient (Wildman–Crippen LogP) is 0.966. The van der Waals surface area contributed by atoms with Gasteiger partial charge in [-0.05, 0) is 12.1 Å². The van der Waals surface area contributed by atoms with Gasteiger partial charge in [-0.3, -0.25) is 4.98 Å². The minimum absolute atomic E-state index is 0.398. The first-order chi connectivity index (χ1) is 6.84. The Morgan fingerprint density at radius 3 is 3.00 bits per heavy atom. The fourth-order valence-corrected chi connectivity index (χ4v) is 1.04. The zero-order valence-corrected chi connectivity index (χ0v) is 7.47. The van der Waals surface area contributed by atoms with Crippen molar-refractivity contribution in [2.45, 2.75) is 6.61 Å². The Hall–Kier alpha value is -2.04. The Balaban J connectivity index is 1.95. The minimum atomic E-state index is 0.398. The van der Waals surface area contributed by atoms with Crippen LogP contribution in [-0.4, -0.2) is 15.0 Å².